The number of hydrogen-bond acceptors (Lipinski definition) is 0. The molecule has 5 rings (SSSR count). The summed E-state index contributed by atoms with van der Waals surface area (Å²) in [5, 5.41) is 0. The molecule has 4 bridgehead atoms. The molecule has 0 saturated heterocycles. The molecule has 0 radical (unpaired) electrons. The maximum atomic E-state index is 1.61. The molecule has 0 nitrogen and oxygen atoms in total. The summed E-state index contributed by atoms with van der Waals surface area (Å²) < 4.78 is 0. The molecule has 5 aliphatic rings. The van der Waals surface area contributed by atoms with Crippen molar-refractivity contribution in [2.75, 3.05) is 0 Å². The highest BCUT2D eigenvalue weighted by molar-refractivity contribution is 4.96. The van der Waals surface area contributed by atoms with Gasteiger partial charge in [-0.3, -0.25) is 0 Å². The second-order valence-corrected chi connectivity index (χ2v) is 8.87. The zero-order valence-corrected chi connectivity index (χ0v) is 13.4. The van der Waals surface area contributed by atoms with E-state index in [4.69, 9.17) is 0 Å². The summed E-state index contributed by atoms with van der Waals surface area (Å²) in [6.45, 7) is 0. The van der Waals surface area contributed by atoms with Crippen molar-refractivity contribution in [2.24, 2.45) is 29.1 Å². The Morgan fingerprint density at radius 1 is 0.500 bits per heavy atom. The van der Waals surface area contributed by atoms with E-state index in [9.17, 15) is 0 Å². The minimum absolute atomic E-state index is 0.806. The van der Waals surface area contributed by atoms with Crippen LogP contribution in [0.15, 0.2) is 0 Å². The van der Waals surface area contributed by atoms with Gasteiger partial charge in [0.25, 0.3) is 0 Å². The van der Waals surface area contributed by atoms with Crippen LogP contribution in [0.2, 0.25) is 0 Å². The van der Waals surface area contributed by atoms with Crippen LogP contribution >= 0.6 is 0 Å². The van der Waals surface area contributed by atoms with Gasteiger partial charge < -0.3 is 0 Å². The first kappa shape index (κ1) is 13.6. The van der Waals surface area contributed by atoms with Crippen molar-refractivity contribution in [1.82, 2.24) is 0 Å². The summed E-state index contributed by atoms with van der Waals surface area (Å²) in [4.78, 5) is 0. The third kappa shape index (κ3) is 2.46. The van der Waals surface area contributed by atoms with Crippen LogP contribution in [-0.2, 0) is 0 Å². The van der Waals surface area contributed by atoms with E-state index in [0.29, 0.717) is 0 Å². The number of rotatable bonds is 1. The van der Waals surface area contributed by atoms with E-state index in [1.807, 2.05) is 0 Å². The summed E-state index contributed by atoms with van der Waals surface area (Å²) in [5.41, 5.74) is 0.806. The van der Waals surface area contributed by atoms with E-state index in [1.165, 1.54) is 0 Å². The number of hydrogen-bond donors (Lipinski definition) is 0. The van der Waals surface area contributed by atoms with Crippen molar-refractivity contribution in [2.45, 2.75) is 96.3 Å². The van der Waals surface area contributed by atoms with E-state index >= 15 is 0 Å². The van der Waals surface area contributed by atoms with Crippen molar-refractivity contribution in [3.05, 3.63) is 0 Å². The molecule has 0 aromatic heterocycles. The Balaban J connectivity index is 1.59. The van der Waals surface area contributed by atoms with E-state index in [-0.39, 0.29) is 0 Å². The summed E-state index contributed by atoms with van der Waals surface area (Å²) in [7, 11) is 0. The van der Waals surface area contributed by atoms with Gasteiger partial charge in [-0.2, -0.15) is 0 Å². The van der Waals surface area contributed by atoms with Gasteiger partial charge >= 0.3 is 0 Å². The fraction of sp³-hybridized carbons (Fsp3) is 1.00. The van der Waals surface area contributed by atoms with E-state index in [0.717, 1.165) is 29.1 Å². The van der Waals surface area contributed by atoms with Crippen LogP contribution in [0.3, 0.4) is 0 Å². The second kappa shape index (κ2) is 5.65. The molecule has 0 aromatic rings. The molecule has 5 saturated carbocycles. The molecule has 5 fully saturated rings. The Morgan fingerprint density at radius 2 is 1.15 bits per heavy atom. The fourth-order valence-corrected chi connectivity index (χ4v) is 6.89. The molecule has 0 spiro atoms. The van der Waals surface area contributed by atoms with Gasteiger partial charge in [-0.05, 0) is 74.0 Å². The second-order valence-electron chi connectivity index (χ2n) is 8.87. The largest absolute Gasteiger partial charge is 0.0527 e. The summed E-state index contributed by atoms with van der Waals surface area (Å²) in [6, 6.07) is 0. The minimum Gasteiger partial charge on any atom is -0.0527 e. The van der Waals surface area contributed by atoms with Crippen LogP contribution in [0.1, 0.15) is 96.3 Å². The highest BCUT2D eigenvalue weighted by Gasteiger charge is 2.45. The average Bonchev–Trinajstić information content (AvgIpc) is 2.73. The Kier molecular flexibility index (Phi) is 3.86. The third-order valence-electron chi connectivity index (χ3n) is 8.00. The zero-order chi connectivity index (χ0) is 13.4. The predicted octanol–water partition coefficient (Wildman–Crippen LogP) is 6.34. The lowest BCUT2D eigenvalue weighted by molar-refractivity contribution is 0.0210. The summed E-state index contributed by atoms with van der Waals surface area (Å²) >= 11 is 0. The van der Waals surface area contributed by atoms with Crippen molar-refractivity contribution in [1.29, 1.82) is 0 Å². The Labute approximate surface area is 126 Å². The monoisotopic (exact) mass is 274 g/mol. The molecule has 0 N–H and O–H groups in total. The van der Waals surface area contributed by atoms with Gasteiger partial charge in [0, 0.05) is 0 Å². The van der Waals surface area contributed by atoms with E-state index in [2.05, 4.69) is 0 Å². The molecule has 0 aromatic carbocycles. The first-order valence-electron chi connectivity index (χ1n) is 9.86. The Morgan fingerprint density at radius 3 is 1.90 bits per heavy atom. The van der Waals surface area contributed by atoms with Crippen molar-refractivity contribution < 1.29 is 0 Å². The summed E-state index contributed by atoms with van der Waals surface area (Å²) in [5.74, 6) is 4.49. The van der Waals surface area contributed by atoms with Gasteiger partial charge in [0.2, 0.25) is 0 Å². The first-order valence-corrected chi connectivity index (χ1v) is 9.86. The number of fused-ring (bicyclic) bond motifs is 9. The Bertz CT molecular complexity index is 310. The molecule has 114 valence electrons. The highest BCUT2D eigenvalue weighted by Crippen LogP contribution is 2.57. The lowest BCUT2D eigenvalue weighted by Gasteiger charge is -2.48. The Hall–Kier alpha value is 0. The first-order chi connectivity index (χ1) is 9.86. The van der Waals surface area contributed by atoms with Crippen LogP contribution in [0.4, 0.5) is 0 Å². The quantitative estimate of drug-likeness (QED) is 0.523. The zero-order valence-electron chi connectivity index (χ0n) is 13.4. The molecule has 20 heavy (non-hydrogen) atoms. The normalized spacial score (nSPS) is 49.2. The lowest BCUT2D eigenvalue weighted by atomic mass is 9.57. The van der Waals surface area contributed by atoms with Gasteiger partial charge in [-0.1, -0.05) is 51.4 Å². The average molecular weight is 274 g/mol. The molecule has 0 heterocycles. The van der Waals surface area contributed by atoms with Crippen LogP contribution < -0.4 is 0 Å². The van der Waals surface area contributed by atoms with Gasteiger partial charge in [-0.15, -0.1) is 0 Å². The van der Waals surface area contributed by atoms with Crippen molar-refractivity contribution in [3.8, 4) is 0 Å². The molecule has 5 aliphatic carbocycles. The maximum absolute atomic E-state index is 1.61. The van der Waals surface area contributed by atoms with Crippen LogP contribution in [0, 0.1) is 29.1 Å². The van der Waals surface area contributed by atoms with Crippen molar-refractivity contribution in [3.63, 3.8) is 0 Å². The SMILES string of the molecule is C1CC2CCC(CC2)C(C23CCCC(CCC2)CC3)C1. The standard InChI is InChI=1S/C20H34/c1-4-17-8-10-18(11-9-17)19(7-1)20-13-2-5-16(12-15-20)6-3-14-20/h16-19H,1-15H2. The molecule has 1 unspecified atom stereocenters. The maximum Gasteiger partial charge on any atom is -0.0266 e. The van der Waals surface area contributed by atoms with Crippen LogP contribution in [-0.4, -0.2) is 0 Å². The molecule has 0 amide bonds. The third-order valence-corrected chi connectivity index (χ3v) is 8.00. The fourth-order valence-electron chi connectivity index (χ4n) is 6.89. The molecule has 0 aliphatic heterocycles. The van der Waals surface area contributed by atoms with E-state index < -0.39 is 0 Å². The highest BCUT2D eigenvalue weighted by atomic mass is 14.5. The van der Waals surface area contributed by atoms with Gasteiger partial charge in [-0.25, -0.2) is 0 Å². The molecular weight excluding hydrogens is 240 g/mol. The smallest absolute Gasteiger partial charge is 0.0266 e. The minimum atomic E-state index is 0.806. The molecule has 0 heteroatoms. The van der Waals surface area contributed by atoms with Gasteiger partial charge in [0.15, 0.2) is 0 Å². The molecule has 1 atom stereocenters. The topological polar surface area (TPSA) is 0 Å². The van der Waals surface area contributed by atoms with Gasteiger partial charge in [0.1, 0.15) is 0 Å². The van der Waals surface area contributed by atoms with Gasteiger partial charge in [0.05, 0.1) is 0 Å². The van der Waals surface area contributed by atoms with Crippen LogP contribution in [0.25, 0.3) is 0 Å². The lowest BCUT2D eigenvalue weighted by Crippen LogP contribution is -2.38. The van der Waals surface area contributed by atoms with E-state index in [1.54, 1.807) is 96.3 Å². The predicted molar refractivity (Wildman–Crippen MR) is 85.6 cm³/mol. The van der Waals surface area contributed by atoms with Crippen molar-refractivity contribution >= 4 is 0 Å². The summed E-state index contributed by atoms with van der Waals surface area (Å²) in [6.07, 6.45) is 23.8. The molecular formula is C20H34. The van der Waals surface area contributed by atoms with Crippen LogP contribution in [0.5, 0.6) is 0 Å².